The highest BCUT2D eigenvalue weighted by Gasteiger charge is 2.30. The van der Waals surface area contributed by atoms with Crippen LogP contribution in [-0.4, -0.2) is 16.2 Å². The zero-order chi connectivity index (χ0) is 23.6. The summed E-state index contributed by atoms with van der Waals surface area (Å²) < 4.78 is 38.6. The average Bonchev–Trinajstić information content (AvgIpc) is 2.75. The maximum absolute atomic E-state index is 12.9. The fourth-order valence-corrected chi connectivity index (χ4v) is 3.52. The van der Waals surface area contributed by atoms with E-state index in [1.807, 2.05) is 31.2 Å². The summed E-state index contributed by atoms with van der Waals surface area (Å²) in [7, 11) is 0. The van der Waals surface area contributed by atoms with Gasteiger partial charge in [0.05, 0.1) is 16.6 Å². The van der Waals surface area contributed by atoms with Crippen molar-refractivity contribution in [2.45, 2.75) is 19.5 Å². The number of aromatic nitrogens is 2. The van der Waals surface area contributed by atoms with E-state index >= 15 is 0 Å². The van der Waals surface area contributed by atoms with Gasteiger partial charge in [-0.05, 0) is 42.8 Å². The predicted molar refractivity (Wildman–Crippen MR) is 120 cm³/mol. The summed E-state index contributed by atoms with van der Waals surface area (Å²) in [5.41, 5.74) is 1.84. The van der Waals surface area contributed by atoms with E-state index in [4.69, 9.17) is 0 Å². The Hall–Kier alpha value is -4.14. The van der Waals surface area contributed by atoms with Crippen molar-refractivity contribution in [1.82, 2.24) is 10.2 Å². The lowest BCUT2D eigenvalue weighted by Gasteiger charge is -2.11. The molecule has 9 heteroatoms. The number of anilines is 2. The molecule has 0 aliphatic carbocycles. The zero-order valence-electron chi connectivity index (χ0n) is 17.5. The van der Waals surface area contributed by atoms with Gasteiger partial charge in [0.15, 0.2) is 0 Å². The second kappa shape index (κ2) is 8.78. The Balaban J connectivity index is 1.55. The quantitative estimate of drug-likeness (QED) is 0.383. The molecule has 0 atom stereocenters. The average molecular weight is 452 g/mol. The highest BCUT2D eigenvalue weighted by Crippen LogP contribution is 2.30. The fraction of sp³-hybridized carbons (Fsp3) is 0.125. The molecule has 0 fully saturated rings. The van der Waals surface area contributed by atoms with Crippen molar-refractivity contribution >= 4 is 28.2 Å². The summed E-state index contributed by atoms with van der Waals surface area (Å²) in [6.07, 6.45) is -4.00. The third-order valence-electron chi connectivity index (χ3n) is 5.03. The third-order valence-corrected chi connectivity index (χ3v) is 5.03. The maximum atomic E-state index is 12.9. The molecular formula is C24H19F3N4O2. The summed E-state index contributed by atoms with van der Waals surface area (Å²) in [5, 5.41) is 12.5. The molecule has 168 valence electrons. The monoisotopic (exact) mass is 452 g/mol. The van der Waals surface area contributed by atoms with Crippen LogP contribution >= 0.6 is 0 Å². The second-order valence-corrected chi connectivity index (χ2v) is 7.58. The number of H-pyrrole nitrogens is 1. The molecule has 0 radical (unpaired) electrons. The topological polar surface area (TPSA) is 86.9 Å². The van der Waals surface area contributed by atoms with Crippen LogP contribution in [0.4, 0.5) is 29.3 Å². The van der Waals surface area contributed by atoms with Crippen LogP contribution in [0.15, 0.2) is 71.5 Å². The zero-order valence-corrected chi connectivity index (χ0v) is 17.5. The van der Waals surface area contributed by atoms with Gasteiger partial charge in [-0.1, -0.05) is 42.0 Å². The lowest BCUT2D eigenvalue weighted by atomic mass is 10.0. The molecule has 0 unspecified atom stereocenters. The first-order valence-electron chi connectivity index (χ1n) is 10.0. The number of rotatable bonds is 4. The number of nitrogens with zero attached hydrogens (tertiary/aromatic N) is 1. The molecule has 33 heavy (non-hydrogen) atoms. The van der Waals surface area contributed by atoms with Gasteiger partial charge in [0.25, 0.3) is 5.56 Å². The lowest BCUT2D eigenvalue weighted by molar-refractivity contribution is -0.137. The number of hydrogen-bond acceptors (Lipinski definition) is 3. The van der Waals surface area contributed by atoms with Gasteiger partial charge in [-0.2, -0.15) is 18.3 Å². The molecule has 0 saturated carbocycles. The Labute approximate surface area is 186 Å². The normalized spacial score (nSPS) is 11.4. The van der Waals surface area contributed by atoms with E-state index < -0.39 is 23.3 Å². The number of benzene rings is 3. The number of hydrogen-bond donors (Lipinski definition) is 3. The number of aromatic amines is 1. The summed E-state index contributed by atoms with van der Waals surface area (Å²) in [5.74, 6) is 0. The molecule has 2 amide bonds. The molecule has 0 aliphatic heterocycles. The van der Waals surface area contributed by atoms with E-state index in [1.165, 1.54) is 18.2 Å². The summed E-state index contributed by atoms with van der Waals surface area (Å²) in [6, 6.07) is 16.3. The van der Waals surface area contributed by atoms with E-state index in [1.54, 1.807) is 12.1 Å². The predicted octanol–water partition coefficient (Wildman–Crippen LogP) is 5.49. The van der Waals surface area contributed by atoms with Crippen LogP contribution in [-0.2, 0) is 12.6 Å². The minimum absolute atomic E-state index is 0.00870. The molecule has 3 aromatic carbocycles. The van der Waals surface area contributed by atoms with Crippen LogP contribution in [0.3, 0.4) is 0 Å². The Bertz CT molecular complexity index is 1400. The number of aryl methyl sites for hydroxylation is 1. The van der Waals surface area contributed by atoms with Crippen molar-refractivity contribution in [2.75, 3.05) is 10.6 Å². The number of nitrogens with one attached hydrogen (secondary N) is 3. The van der Waals surface area contributed by atoms with Crippen molar-refractivity contribution in [2.24, 2.45) is 0 Å². The van der Waals surface area contributed by atoms with Crippen molar-refractivity contribution in [3.05, 3.63) is 99.5 Å². The van der Waals surface area contributed by atoms with Gasteiger partial charge in [0, 0.05) is 23.2 Å². The van der Waals surface area contributed by atoms with Gasteiger partial charge in [-0.3, -0.25) is 4.79 Å². The van der Waals surface area contributed by atoms with Gasteiger partial charge < -0.3 is 10.6 Å². The van der Waals surface area contributed by atoms with E-state index in [0.29, 0.717) is 28.6 Å². The molecular weight excluding hydrogens is 433 g/mol. The summed E-state index contributed by atoms with van der Waals surface area (Å²) >= 11 is 0. The molecule has 0 bridgehead atoms. The van der Waals surface area contributed by atoms with Crippen LogP contribution in [0.2, 0.25) is 0 Å². The number of carbonyl (C=O) groups excluding carboxylic acids is 1. The van der Waals surface area contributed by atoms with E-state index in [2.05, 4.69) is 20.8 Å². The number of halogens is 3. The molecule has 4 rings (SSSR count). The van der Waals surface area contributed by atoms with Crippen LogP contribution in [0.5, 0.6) is 0 Å². The Kier molecular flexibility index (Phi) is 5.87. The standard InChI is InChI=1S/C24H19F3N4O2/c1-14-4-2-5-15(10-14)11-21-19-9-8-18(13-20(19)22(32)31-30-21)29-23(33)28-17-7-3-6-16(12-17)24(25,26)27/h2-10,12-13H,11H2,1H3,(H,31,32)(H2,28,29,33). The second-order valence-electron chi connectivity index (χ2n) is 7.58. The van der Waals surface area contributed by atoms with Gasteiger partial charge in [-0.15, -0.1) is 0 Å². The minimum Gasteiger partial charge on any atom is -0.308 e. The van der Waals surface area contributed by atoms with Crippen molar-refractivity contribution < 1.29 is 18.0 Å². The first-order chi connectivity index (χ1) is 15.7. The highest BCUT2D eigenvalue weighted by atomic mass is 19.4. The number of amides is 2. The van der Waals surface area contributed by atoms with E-state index in [0.717, 1.165) is 23.3 Å². The lowest BCUT2D eigenvalue weighted by Crippen LogP contribution is -2.20. The van der Waals surface area contributed by atoms with Gasteiger partial charge in [-0.25, -0.2) is 9.89 Å². The van der Waals surface area contributed by atoms with Gasteiger partial charge in [0.2, 0.25) is 0 Å². The van der Waals surface area contributed by atoms with Crippen LogP contribution in [0.25, 0.3) is 10.8 Å². The van der Waals surface area contributed by atoms with E-state index in [9.17, 15) is 22.8 Å². The number of alkyl halides is 3. The molecule has 6 nitrogen and oxygen atoms in total. The van der Waals surface area contributed by atoms with Crippen molar-refractivity contribution in [3.8, 4) is 0 Å². The molecule has 3 N–H and O–H groups in total. The number of fused-ring (bicyclic) bond motifs is 1. The highest BCUT2D eigenvalue weighted by molar-refractivity contribution is 6.01. The summed E-state index contributed by atoms with van der Waals surface area (Å²) in [6.45, 7) is 1.99. The van der Waals surface area contributed by atoms with Crippen LogP contribution in [0, 0.1) is 6.92 Å². The molecule has 0 aliphatic rings. The SMILES string of the molecule is Cc1cccc(Cc2n[nH]c(=O)c3cc(NC(=O)Nc4cccc(C(F)(F)F)c4)ccc23)c1. The van der Waals surface area contributed by atoms with Gasteiger partial charge >= 0.3 is 12.2 Å². The molecule has 1 heterocycles. The first kappa shape index (κ1) is 22.1. The fourth-order valence-electron chi connectivity index (χ4n) is 3.52. The van der Waals surface area contributed by atoms with Gasteiger partial charge in [0.1, 0.15) is 0 Å². The largest absolute Gasteiger partial charge is 0.416 e. The molecule has 0 spiro atoms. The smallest absolute Gasteiger partial charge is 0.308 e. The molecule has 1 aromatic heterocycles. The maximum Gasteiger partial charge on any atom is 0.416 e. The first-order valence-corrected chi connectivity index (χ1v) is 10.0. The van der Waals surface area contributed by atoms with Crippen molar-refractivity contribution in [1.29, 1.82) is 0 Å². The molecule has 0 saturated heterocycles. The number of carbonyl (C=O) groups is 1. The Morgan fingerprint density at radius 3 is 2.39 bits per heavy atom. The number of urea groups is 1. The van der Waals surface area contributed by atoms with Crippen LogP contribution < -0.4 is 16.2 Å². The third kappa shape index (κ3) is 5.20. The van der Waals surface area contributed by atoms with Crippen LogP contribution in [0.1, 0.15) is 22.4 Å². The Morgan fingerprint density at radius 1 is 0.939 bits per heavy atom. The minimum atomic E-state index is -4.52. The Morgan fingerprint density at radius 2 is 1.67 bits per heavy atom. The van der Waals surface area contributed by atoms with Crippen molar-refractivity contribution in [3.63, 3.8) is 0 Å². The van der Waals surface area contributed by atoms with E-state index in [-0.39, 0.29) is 5.69 Å². The summed E-state index contributed by atoms with van der Waals surface area (Å²) in [4.78, 5) is 24.6. The molecule has 4 aromatic rings.